The zero-order valence-electron chi connectivity index (χ0n) is 8.66. The molecule has 0 aliphatic heterocycles. The number of aliphatic hydroxyl groups excluding tert-OH is 1. The van der Waals surface area contributed by atoms with Gasteiger partial charge in [-0.1, -0.05) is 12.1 Å². The summed E-state index contributed by atoms with van der Waals surface area (Å²) in [7, 11) is 1.25. The minimum absolute atomic E-state index is 0.123. The van der Waals surface area contributed by atoms with Gasteiger partial charge in [0.25, 0.3) is 0 Å². The smallest absolute Gasteiger partial charge is 0.308 e. The Morgan fingerprint density at radius 3 is 2.80 bits per heavy atom. The number of methoxy groups -OCH3 is 1. The Bertz CT molecular complexity index is 363. The van der Waals surface area contributed by atoms with E-state index in [-0.39, 0.29) is 12.2 Å². The van der Waals surface area contributed by atoms with Crippen LogP contribution in [0.2, 0.25) is 0 Å². The topological polar surface area (TPSA) is 46.5 Å². The average Bonchev–Trinajstić information content (AvgIpc) is 2.21. The Labute approximate surface area is 87.5 Å². The standard InChI is InChI=1S/C11H13FO3/c1-7-5-8(3-4-9(7)12)10(13)6-11(14)15-2/h3-5,10,13H,6H2,1-2H3/t10-/m1/s1. The molecule has 0 saturated carbocycles. The second kappa shape index (κ2) is 4.89. The van der Waals surface area contributed by atoms with E-state index < -0.39 is 12.1 Å². The van der Waals surface area contributed by atoms with E-state index in [1.54, 1.807) is 6.92 Å². The zero-order valence-corrected chi connectivity index (χ0v) is 8.66. The van der Waals surface area contributed by atoms with Crippen molar-refractivity contribution in [2.24, 2.45) is 0 Å². The van der Waals surface area contributed by atoms with Gasteiger partial charge in [0.05, 0.1) is 19.6 Å². The van der Waals surface area contributed by atoms with Crippen molar-refractivity contribution in [1.82, 2.24) is 0 Å². The molecule has 0 aliphatic rings. The number of carbonyl (C=O) groups is 1. The molecule has 0 aliphatic carbocycles. The van der Waals surface area contributed by atoms with Crippen molar-refractivity contribution in [1.29, 1.82) is 0 Å². The summed E-state index contributed by atoms with van der Waals surface area (Å²) >= 11 is 0. The fourth-order valence-corrected chi connectivity index (χ4v) is 1.23. The van der Waals surface area contributed by atoms with Crippen LogP contribution in [0.15, 0.2) is 18.2 Å². The molecule has 0 radical (unpaired) electrons. The van der Waals surface area contributed by atoms with Gasteiger partial charge in [-0.15, -0.1) is 0 Å². The number of aliphatic hydroxyl groups is 1. The van der Waals surface area contributed by atoms with E-state index in [1.165, 1.54) is 25.3 Å². The van der Waals surface area contributed by atoms with Crippen LogP contribution in [-0.2, 0) is 9.53 Å². The summed E-state index contributed by atoms with van der Waals surface area (Å²) in [4.78, 5) is 10.9. The Balaban J connectivity index is 2.78. The molecule has 1 atom stereocenters. The van der Waals surface area contributed by atoms with Gasteiger partial charge in [-0.25, -0.2) is 4.39 Å². The highest BCUT2D eigenvalue weighted by Gasteiger charge is 2.13. The highest BCUT2D eigenvalue weighted by atomic mass is 19.1. The number of hydrogen-bond donors (Lipinski definition) is 1. The highest BCUT2D eigenvalue weighted by molar-refractivity contribution is 5.70. The minimum Gasteiger partial charge on any atom is -0.469 e. The summed E-state index contributed by atoms with van der Waals surface area (Å²) in [5.41, 5.74) is 0.954. The predicted molar refractivity (Wildman–Crippen MR) is 52.7 cm³/mol. The van der Waals surface area contributed by atoms with Gasteiger partial charge in [-0.05, 0) is 24.1 Å². The first-order valence-electron chi connectivity index (χ1n) is 4.55. The lowest BCUT2D eigenvalue weighted by molar-refractivity contribution is -0.142. The highest BCUT2D eigenvalue weighted by Crippen LogP contribution is 2.19. The number of hydrogen-bond acceptors (Lipinski definition) is 3. The molecule has 0 bridgehead atoms. The fraction of sp³-hybridized carbons (Fsp3) is 0.364. The molecule has 0 heterocycles. The van der Waals surface area contributed by atoms with Crippen LogP contribution in [-0.4, -0.2) is 18.2 Å². The maximum Gasteiger partial charge on any atom is 0.308 e. The van der Waals surface area contributed by atoms with E-state index >= 15 is 0 Å². The fourth-order valence-electron chi connectivity index (χ4n) is 1.23. The van der Waals surface area contributed by atoms with Crippen LogP contribution in [0.25, 0.3) is 0 Å². The summed E-state index contributed by atoms with van der Waals surface area (Å²) < 4.78 is 17.3. The van der Waals surface area contributed by atoms with Crippen molar-refractivity contribution in [3.05, 3.63) is 35.1 Å². The predicted octanol–water partition coefficient (Wildman–Crippen LogP) is 1.73. The molecule has 0 saturated heterocycles. The van der Waals surface area contributed by atoms with Gasteiger partial charge in [0.15, 0.2) is 0 Å². The van der Waals surface area contributed by atoms with E-state index in [2.05, 4.69) is 4.74 Å². The molecule has 0 aromatic heterocycles. The molecular formula is C11H13FO3. The maximum atomic E-state index is 12.9. The first-order chi connectivity index (χ1) is 7.04. The van der Waals surface area contributed by atoms with E-state index in [1.807, 2.05) is 0 Å². The molecule has 3 nitrogen and oxygen atoms in total. The van der Waals surface area contributed by atoms with Crippen molar-refractivity contribution in [2.45, 2.75) is 19.4 Å². The molecule has 0 unspecified atom stereocenters. The number of carbonyl (C=O) groups excluding carboxylic acids is 1. The second-order valence-electron chi connectivity index (χ2n) is 3.30. The Kier molecular flexibility index (Phi) is 3.80. The maximum absolute atomic E-state index is 12.9. The van der Waals surface area contributed by atoms with Crippen LogP contribution in [0.4, 0.5) is 4.39 Å². The molecule has 0 fully saturated rings. The first kappa shape index (κ1) is 11.7. The van der Waals surface area contributed by atoms with E-state index in [0.717, 1.165) is 0 Å². The largest absolute Gasteiger partial charge is 0.469 e. The van der Waals surface area contributed by atoms with Gasteiger partial charge >= 0.3 is 5.97 Å². The molecule has 0 amide bonds. The lowest BCUT2D eigenvalue weighted by Gasteiger charge is -2.10. The SMILES string of the molecule is COC(=O)C[C@@H](O)c1ccc(F)c(C)c1. The first-order valence-corrected chi connectivity index (χ1v) is 4.55. The van der Waals surface area contributed by atoms with Gasteiger partial charge < -0.3 is 9.84 Å². The van der Waals surface area contributed by atoms with Crippen LogP contribution < -0.4 is 0 Å². The summed E-state index contributed by atoms with van der Waals surface area (Å²) in [6.07, 6.45) is -1.07. The van der Waals surface area contributed by atoms with E-state index in [9.17, 15) is 14.3 Å². The van der Waals surface area contributed by atoms with Crippen LogP contribution >= 0.6 is 0 Å². The van der Waals surface area contributed by atoms with Crippen molar-refractivity contribution in [3.8, 4) is 0 Å². The van der Waals surface area contributed by atoms with Crippen LogP contribution in [0.3, 0.4) is 0 Å². The quantitative estimate of drug-likeness (QED) is 0.776. The number of halogens is 1. The monoisotopic (exact) mass is 212 g/mol. The summed E-state index contributed by atoms with van der Waals surface area (Å²) in [5, 5.41) is 9.61. The van der Waals surface area contributed by atoms with Crippen molar-refractivity contribution >= 4 is 5.97 Å². The molecule has 1 aromatic rings. The molecular weight excluding hydrogens is 199 g/mol. The van der Waals surface area contributed by atoms with Crippen LogP contribution in [0.1, 0.15) is 23.7 Å². The lowest BCUT2D eigenvalue weighted by Crippen LogP contribution is -2.08. The van der Waals surface area contributed by atoms with Gasteiger partial charge in [-0.3, -0.25) is 4.79 Å². The zero-order chi connectivity index (χ0) is 11.4. The molecule has 82 valence electrons. The molecule has 15 heavy (non-hydrogen) atoms. The summed E-state index contributed by atoms with van der Waals surface area (Å²) in [6, 6.07) is 4.24. The third kappa shape index (κ3) is 3.02. The van der Waals surface area contributed by atoms with Crippen molar-refractivity contribution < 1.29 is 19.0 Å². The molecule has 0 spiro atoms. The van der Waals surface area contributed by atoms with E-state index in [0.29, 0.717) is 11.1 Å². The average molecular weight is 212 g/mol. The van der Waals surface area contributed by atoms with Crippen molar-refractivity contribution in [3.63, 3.8) is 0 Å². The molecule has 1 rings (SSSR count). The summed E-state index contributed by atoms with van der Waals surface area (Å²) in [6.45, 7) is 1.60. The Hall–Kier alpha value is -1.42. The lowest BCUT2D eigenvalue weighted by atomic mass is 10.0. The second-order valence-corrected chi connectivity index (χ2v) is 3.30. The van der Waals surface area contributed by atoms with E-state index in [4.69, 9.17) is 0 Å². The Morgan fingerprint density at radius 1 is 1.60 bits per heavy atom. The van der Waals surface area contributed by atoms with Crippen molar-refractivity contribution in [2.75, 3.05) is 7.11 Å². The van der Waals surface area contributed by atoms with Crippen LogP contribution in [0.5, 0.6) is 0 Å². The van der Waals surface area contributed by atoms with Crippen LogP contribution in [0, 0.1) is 12.7 Å². The number of ether oxygens (including phenoxy) is 1. The van der Waals surface area contributed by atoms with Gasteiger partial charge in [-0.2, -0.15) is 0 Å². The number of esters is 1. The van der Waals surface area contributed by atoms with Gasteiger partial charge in [0.2, 0.25) is 0 Å². The third-order valence-corrected chi connectivity index (χ3v) is 2.15. The number of rotatable bonds is 3. The van der Waals surface area contributed by atoms with Gasteiger partial charge in [0.1, 0.15) is 5.82 Å². The summed E-state index contributed by atoms with van der Waals surface area (Å²) in [5.74, 6) is -0.825. The number of benzene rings is 1. The minimum atomic E-state index is -0.947. The molecule has 1 aromatic carbocycles. The normalized spacial score (nSPS) is 12.3. The Morgan fingerprint density at radius 2 is 2.27 bits per heavy atom. The number of aryl methyl sites for hydroxylation is 1. The molecule has 4 heteroatoms. The van der Waals surface area contributed by atoms with Gasteiger partial charge in [0, 0.05) is 0 Å². The third-order valence-electron chi connectivity index (χ3n) is 2.15. The molecule has 1 N–H and O–H groups in total.